The van der Waals surface area contributed by atoms with Crippen LogP contribution in [-0.2, 0) is 10.2 Å². The first kappa shape index (κ1) is 23.6. The summed E-state index contributed by atoms with van der Waals surface area (Å²) < 4.78 is 0. The first-order valence-corrected chi connectivity index (χ1v) is 13.2. The van der Waals surface area contributed by atoms with E-state index in [0.717, 1.165) is 50.5 Å². The molecule has 190 valence electrons. The van der Waals surface area contributed by atoms with Crippen LogP contribution in [0.15, 0.2) is 36.7 Å². The van der Waals surface area contributed by atoms with Gasteiger partial charge in [-0.1, -0.05) is 30.3 Å². The van der Waals surface area contributed by atoms with Crippen LogP contribution in [0.4, 0.5) is 0 Å². The highest BCUT2D eigenvalue weighted by Crippen LogP contribution is 2.44. The average Bonchev–Trinajstić information content (AvgIpc) is 3.29. The fourth-order valence-corrected chi connectivity index (χ4v) is 6.60. The lowest BCUT2D eigenvalue weighted by molar-refractivity contribution is -0.151. The monoisotopic (exact) mass is 489 g/mol. The van der Waals surface area contributed by atoms with E-state index in [9.17, 15) is 14.7 Å². The molecule has 8 nitrogen and oxygen atoms in total. The Morgan fingerprint density at radius 2 is 1.56 bits per heavy atom. The third kappa shape index (κ3) is 4.00. The van der Waals surface area contributed by atoms with Gasteiger partial charge in [-0.05, 0) is 57.1 Å². The lowest BCUT2D eigenvalue weighted by atomic mass is 9.71. The fourth-order valence-electron chi connectivity index (χ4n) is 6.60. The van der Waals surface area contributed by atoms with Gasteiger partial charge in [0.15, 0.2) is 0 Å². The van der Waals surface area contributed by atoms with Gasteiger partial charge in [0.2, 0.25) is 0 Å². The van der Waals surface area contributed by atoms with E-state index in [1.807, 2.05) is 29.7 Å². The van der Waals surface area contributed by atoms with Crippen LogP contribution in [-0.4, -0.2) is 93.0 Å². The lowest BCUT2D eigenvalue weighted by Gasteiger charge is -2.52. The number of aliphatic hydroxyl groups is 1. The van der Waals surface area contributed by atoms with E-state index >= 15 is 0 Å². The summed E-state index contributed by atoms with van der Waals surface area (Å²) in [5.74, 6) is 0.959. The molecule has 4 aliphatic rings. The SMILES string of the molecule is Cc1ncnc(C)c1C(=O)N1CC2CN(CCC3(c4ccccc4)CN(C(=O)C4(O)CC4)C3)CC2C1. The topological polar surface area (TPSA) is 89.9 Å². The molecule has 2 atom stereocenters. The van der Waals surface area contributed by atoms with E-state index in [2.05, 4.69) is 39.1 Å². The van der Waals surface area contributed by atoms with E-state index in [4.69, 9.17) is 0 Å². The number of carbonyl (C=O) groups is 2. The van der Waals surface area contributed by atoms with Crippen LogP contribution in [0.2, 0.25) is 0 Å². The molecule has 1 saturated carbocycles. The number of aromatic nitrogens is 2. The molecule has 1 N–H and O–H groups in total. The molecule has 1 aliphatic carbocycles. The van der Waals surface area contributed by atoms with Crippen molar-refractivity contribution in [1.29, 1.82) is 0 Å². The average molecular weight is 490 g/mol. The Bertz CT molecular complexity index is 1140. The standard InChI is InChI=1S/C28H35N5O3/c1-19-24(20(2)30-18-29-19)25(34)32-14-21-12-31(13-22(21)15-32)11-10-27(23-6-4-3-5-7-23)16-33(17-27)26(35)28(36)8-9-28/h3-7,18,21-22,36H,8-17H2,1-2H3. The second kappa shape index (κ2) is 8.63. The van der Waals surface area contributed by atoms with E-state index in [1.165, 1.54) is 11.9 Å². The number of likely N-dealkylation sites (tertiary alicyclic amines) is 3. The van der Waals surface area contributed by atoms with Crippen molar-refractivity contribution in [2.75, 3.05) is 45.8 Å². The highest BCUT2D eigenvalue weighted by atomic mass is 16.3. The van der Waals surface area contributed by atoms with Gasteiger partial charge in [-0.2, -0.15) is 0 Å². The summed E-state index contributed by atoms with van der Waals surface area (Å²) in [6.07, 6.45) is 3.69. The summed E-state index contributed by atoms with van der Waals surface area (Å²) in [7, 11) is 0. The van der Waals surface area contributed by atoms with Crippen LogP contribution in [0.3, 0.4) is 0 Å². The lowest BCUT2D eigenvalue weighted by Crippen LogP contribution is -2.64. The number of nitrogens with zero attached hydrogens (tertiary/aromatic N) is 5. The minimum absolute atomic E-state index is 0.0514. The smallest absolute Gasteiger partial charge is 0.257 e. The Labute approximate surface area is 212 Å². The largest absolute Gasteiger partial charge is 0.380 e. The van der Waals surface area contributed by atoms with Crippen LogP contribution in [0.1, 0.15) is 46.6 Å². The molecule has 4 heterocycles. The highest BCUT2D eigenvalue weighted by Gasteiger charge is 2.56. The van der Waals surface area contributed by atoms with Crippen molar-refractivity contribution in [3.63, 3.8) is 0 Å². The zero-order chi connectivity index (χ0) is 25.1. The molecule has 8 heteroatoms. The molecule has 4 fully saturated rings. The molecule has 36 heavy (non-hydrogen) atoms. The molecular formula is C28H35N5O3. The van der Waals surface area contributed by atoms with Crippen molar-refractivity contribution < 1.29 is 14.7 Å². The maximum absolute atomic E-state index is 13.2. The molecule has 1 aromatic heterocycles. The summed E-state index contributed by atoms with van der Waals surface area (Å²) in [6.45, 7) is 9.68. The van der Waals surface area contributed by atoms with Crippen molar-refractivity contribution in [3.05, 3.63) is 59.2 Å². The number of hydrogen-bond donors (Lipinski definition) is 1. The van der Waals surface area contributed by atoms with Crippen LogP contribution in [0.5, 0.6) is 0 Å². The maximum Gasteiger partial charge on any atom is 0.257 e. The van der Waals surface area contributed by atoms with Crippen molar-refractivity contribution >= 4 is 11.8 Å². The number of rotatable bonds is 6. The van der Waals surface area contributed by atoms with Crippen molar-refractivity contribution in [3.8, 4) is 0 Å². The first-order valence-electron chi connectivity index (χ1n) is 13.2. The Balaban J connectivity index is 1.07. The van der Waals surface area contributed by atoms with E-state index in [1.54, 1.807) is 0 Å². The third-order valence-electron chi connectivity index (χ3n) is 8.98. The number of carbonyl (C=O) groups excluding carboxylic acids is 2. The summed E-state index contributed by atoms with van der Waals surface area (Å²) in [6, 6.07) is 10.5. The summed E-state index contributed by atoms with van der Waals surface area (Å²) in [4.78, 5) is 40.7. The molecule has 2 unspecified atom stereocenters. The van der Waals surface area contributed by atoms with Gasteiger partial charge in [-0.15, -0.1) is 0 Å². The Kier molecular flexibility index (Phi) is 5.64. The predicted octanol–water partition coefficient (Wildman–Crippen LogP) is 1.79. The summed E-state index contributed by atoms with van der Waals surface area (Å²) >= 11 is 0. The van der Waals surface area contributed by atoms with Gasteiger partial charge in [-0.3, -0.25) is 9.59 Å². The molecule has 6 rings (SSSR count). The van der Waals surface area contributed by atoms with Crippen LogP contribution >= 0.6 is 0 Å². The molecular weight excluding hydrogens is 454 g/mol. The van der Waals surface area contributed by atoms with Crippen LogP contribution in [0, 0.1) is 25.7 Å². The zero-order valence-electron chi connectivity index (χ0n) is 21.2. The van der Waals surface area contributed by atoms with Crippen molar-refractivity contribution in [2.45, 2.75) is 44.1 Å². The van der Waals surface area contributed by atoms with Gasteiger partial charge in [0.25, 0.3) is 11.8 Å². The number of aryl methyl sites for hydroxylation is 2. The van der Waals surface area contributed by atoms with Crippen molar-refractivity contribution in [1.82, 2.24) is 24.7 Å². The third-order valence-corrected chi connectivity index (χ3v) is 8.98. The van der Waals surface area contributed by atoms with Gasteiger partial charge in [0.05, 0.1) is 17.0 Å². The first-order chi connectivity index (χ1) is 17.3. The summed E-state index contributed by atoms with van der Waals surface area (Å²) in [5, 5.41) is 10.3. The Morgan fingerprint density at radius 3 is 2.14 bits per heavy atom. The van der Waals surface area contributed by atoms with Gasteiger partial charge < -0.3 is 19.8 Å². The molecule has 3 aliphatic heterocycles. The molecule has 0 spiro atoms. The van der Waals surface area contributed by atoms with Crippen LogP contribution in [0.25, 0.3) is 0 Å². The van der Waals surface area contributed by atoms with Gasteiger partial charge in [0.1, 0.15) is 11.9 Å². The maximum atomic E-state index is 13.2. The number of benzene rings is 1. The predicted molar refractivity (Wildman–Crippen MR) is 134 cm³/mol. The minimum Gasteiger partial charge on any atom is -0.380 e. The fraction of sp³-hybridized carbons (Fsp3) is 0.571. The molecule has 2 amide bonds. The normalized spacial score (nSPS) is 26.0. The summed E-state index contributed by atoms with van der Waals surface area (Å²) in [5.41, 5.74) is 2.28. The molecule has 1 aromatic carbocycles. The van der Waals surface area contributed by atoms with Gasteiger partial charge in [-0.25, -0.2) is 9.97 Å². The van der Waals surface area contributed by atoms with Gasteiger partial charge >= 0.3 is 0 Å². The Hall–Kier alpha value is -2.84. The quantitative estimate of drug-likeness (QED) is 0.666. The molecule has 2 aromatic rings. The second-order valence-corrected chi connectivity index (χ2v) is 11.5. The molecule has 0 radical (unpaired) electrons. The number of fused-ring (bicyclic) bond motifs is 1. The number of amides is 2. The minimum atomic E-state index is -1.10. The van der Waals surface area contributed by atoms with E-state index < -0.39 is 5.60 Å². The molecule has 3 saturated heterocycles. The van der Waals surface area contributed by atoms with E-state index in [-0.39, 0.29) is 17.2 Å². The molecule has 0 bridgehead atoms. The second-order valence-electron chi connectivity index (χ2n) is 11.5. The Morgan fingerprint density at radius 1 is 0.944 bits per heavy atom. The van der Waals surface area contributed by atoms with Gasteiger partial charge in [0, 0.05) is 44.7 Å². The van der Waals surface area contributed by atoms with Crippen molar-refractivity contribution in [2.24, 2.45) is 11.8 Å². The number of hydrogen-bond acceptors (Lipinski definition) is 6. The van der Waals surface area contributed by atoms with E-state index in [0.29, 0.717) is 43.3 Å². The highest BCUT2D eigenvalue weighted by molar-refractivity contribution is 5.96. The zero-order valence-corrected chi connectivity index (χ0v) is 21.2. The van der Waals surface area contributed by atoms with Crippen LogP contribution < -0.4 is 0 Å².